The summed E-state index contributed by atoms with van der Waals surface area (Å²) in [6.07, 6.45) is 5.53. The van der Waals surface area contributed by atoms with Crippen molar-refractivity contribution >= 4 is 32.8 Å². The number of aryl methyl sites for hydroxylation is 1. The summed E-state index contributed by atoms with van der Waals surface area (Å²) in [7, 11) is -3.67. The van der Waals surface area contributed by atoms with Crippen LogP contribution in [0.2, 0.25) is 0 Å². The Morgan fingerprint density at radius 3 is 2.55 bits per heavy atom. The number of nitro groups is 1. The SMILES string of the molecule is C=CC(N1CCC(CCc2ccccc2)CC1)S(=O)(=O)c1ccc(CNC(=O)c2cccc([N+](=O)[O-])c2)s1. The van der Waals surface area contributed by atoms with Crippen molar-refractivity contribution in [2.45, 2.75) is 41.8 Å². The third-order valence-electron chi connectivity index (χ3n) is 6.87. The number of nitrogens with zero attached hydrogens (tertiary/aromatic N) is 2. The highest BCUT2D eigenvalue weighted by atomic mass is 32.2. The number of carbonyl (C=O) groups excluding carboxylic acids is 1. The second-order valence-corrected chi connectivity index (χ2v) is 12.8. The van der Waals surface area contributed by atoms with Crippen LogP contribution in [0.25, 0.3) is 0 Å². The minimum Gasteiger partial charge on any atom is -0.347 e. The summed E-state index contributed by atoms with van der Waals surface area (Å²) in [5, 5.41) is 12.9. The summed E-state index contributed by atoms with van der Waals surface area (Å²) in [5.41, 5.74) is 1.33. The molecule has 0 aliphatic carbocycles. The van der Waals surface area contributed by atoms with Crippen LogP contribution in [0.5, 0.6) is 0 Å². The number of thiophene rings is 1. The third kappa shape index (κ3) is 6.75. The van der Waals surface area contributed by atoms with Crippen LogP contribution in [-0.2, 0) is 22.8 Å². The zero-order valence-corrected chi connectivity index (χ0v) is 22.6. The van der Waals surface area contributed by atoms with Gasteiger partial charge in [-0.05, 0) is 68.5 Å². The summed E-state index contributed by atoms with van der Waals surface area (Å²) in [5.74, 6) is 0.105. The van der Waals surface area contributed by atoms with E-state index in [9.17, 15) is 23.3 Å². The van der Waals surface area contributed by atoms with Crippen LogP contribution in [0.1, 0.15) is 40.1 Å². The highest BCUT2D eigenvalue weighted by Crippen LogP contribution is 2.31. The molecule has 1 saturated heterocycles. The second-order valence-electron chi connectivity index (χ2n) is 9.39. The van der Waals surface area contributed by atoms with Crippen molar-refractivity contribution in [2.75, 3.05) is 13.1 Å². The molecule has 4 rings (SSSR count). The van der Waals surface area contributed by atoms with Gasteiger partial charge in [0.25, 0.3) is 11.6 Å². The minimum atomic E-state index is -3.67. The lowest BCUT2D eigenvalue weighted by Gasteiger charge is -2.35. The molecule has 38 heavy (non-hydrogen) atoms. The van der Waals surface area contributed by atoms with Gasteiger partial charge < -0.3 is 5.32 Å². The normalized spacial score (nSPS) is 15.6. The Morgan fingerprint density at radius 1 is 1.13 bits per heavy atom. The number of piperidine rings is 1. The van der Waals surface area contributed by atoms with Crippen LogP contribution in [0.3, 0.4) is 0 Å². The molecule has 2 aromatic carbocycles. The molecule has 0 spiro atoms. The van der Waals surface area contributed by atoms with Crippen LogP contribution in [0, 0.1) is 16.0 Å². The smallest absolute Gasteiger partial charge is 0.270 e. The van der Waals surface area contributed by atoms with Crippen LogP contribution < -0.4 is 5.32 Å². The van der Waals surface area contributed by atoms with Crippen LogP contribution >= 0.6 is 11.3 Å². The Bertz CT molecular complexity index is 1380. The van der Waals surface area contributed by atoms with E-state index in [0.29, 0.717) is 23.9 Å². The van der Waals surface area contributed by atoms with Gasteiger partial charge in [-0.25, -0.2) is 8.42 Å². The van der Waals surface area contributed by atoms with Crippen molar-refractivity contribution in [3.05, 3.63) is 106 Å². The Kier molecular flexibility index (Phi) is 9.09. The molecule has 1 aliphatic heterocycles. The third-order valence-corrected chi connectivity index (χ3v) is 10.5. The number of nitro benzene ring substituents is 1. The number of amides is 1. The lowest BCUT2D eigenvalue weighted by Crippen LogP contribution is -2.44. The van der Waals surface area contributed by atoms with Gasteiger partial charge >= 0.3 is 0 Å². The van der Waals surface area contributed by atoms with Gasteiger partial charge in [0.05, 0.1) is 11.5 Å². The van der Waals surface area contributed by atoms with E-state index in [1.807, 2.05) is 11.0 Å². The molecule has 2 heterocycles. The van der Waals surface area contributed by atoms with Crippen molar-refractivity contribution < 1.29 is 18.1 Å². The summed E-state index contributed by atoms with van der Waals surface area (Å²) >= 11 is 1.11. The molecule has 1 unspecified atom stereocenters. The van der Waals surface area contributed by atoms with E-state index < -0.39 is 26.0 Å². The van der Waals surface area contributed by atoms with Gasteiger partial charge in [0, 0.05) is 22.6 Å². The first-order valence-electron chi connectivity index (χ1n) is 12.5. The number of hydrogen-bond acceptors (Lipinski definition) is 7. The van der Waals surface area contributed by atoms with E-state index in [0.717, 1.165) is 37.0 Å². The number of hydrogen-bond donors (Lipinski definition) is 1. The largest absolute Gasteiger partial charge is 0.347 e. The lowest BCUT2D eigenvalue weighted by atomic mass is 9.90. The van der Waals surface area contributed by atoms with Gasteiger partial charge in [0.15, 0.2) is 0 Å². The molecule has 1 aromatic heterocycles. The van der Waals surface area contributed by atoms with Crippen molar-refractivity contribution in [3.8, 4) is 0 Å². The van der Waals surface area contributed by atoms with Gasteiger partial charge in [-0.15, -0.1) is 17.9 Å². The molecule has 0 saturated carbocycles. The first-order valence-corrected chi connectivity index (χ1v) is 14.9. The number of likely N-dealkylation sites (tertiary alicyclic amines) is 1. The Hall–Kier alpha value is -3.34. The number of sulfone groups is 1. The van der Waals surface area contributed by atoms with Crippen LogP contribution in [0.4, 0.5) is 5.69 Å². The molecule has 0 radical (unpaired) electrons. The fraction of sp³-hybridized carbons (Fsp3) is 0.321. The zero-order valence-electron chi connectivity index (χ0n) is 21.0. The maximum Gasteiger partial charge on any atom is 0.270 e. The second kappa shape index (κ2) is 12.5. The maximum absolute atomic E-state index is 13.5. The Labute approximate surface area is 227 Å². The Balaban J connectivity index is 1.33. The van der Waals surface area contributed by atoms with E-state index in [1.165, 1.54) is 35.9 Å². The predicted molar refractivity (Wildman–Crippen MR) is 149 cm³/mol. The zero-order chi connectivity index (χ0) is 27.1. The Morgan fingerprint density at radius 2 is 1.87 bits per heavy atom. The summed E-state index contributed by atoms with van der Waals surface area (Å²) in [6.45, 7) is 5.34. The van der Waals surface area contributed by atoms with Gasteiger partial charge in [0.1, 0.15) is 9.58 Å². The standard InChI is InChI=1S/C28H31N3O5S2/c1-2-26(30-17-15-22(16-18-30)12-11-21-7-4-3-5-8-21)38(35,36)27-14-13-25(37-27)20-29-28(32)23-9-6-10-24(19-23)31(33)34/h2-10,13-14,19,22,26H,1,11-12,15-18,20H2,(H,29,32). The fourth-order valence-corrected chi connectivity index (χ4v) is 7.85. The predicted octanol–water partition coefficient (Wildman–Crippen LogP) is 5.22. The summed E-state index contributed by atoms with van der Waals surface area (Å²) < 4.78 is 27.2. The number of benzene rings is 2. The molecule has 10 heteroatoms. The molecule has 1 amide bonds. The number of nitrogens with one attached hydrogen (secondary N) is 1. The van der Waals surface area contributed by atoms with Crippen molar-refractivity contribution in [1.29, 1.82) is 0 Å². The molecular weight excluding hydrogens is 522 g/mol. The van der Waals surface area contributed by atoms with E-state index in [4.69, 9.17) is 0 Å². The monoisotopic (exact) mass is 553 g/mol. The number of rotatable bonds is 11. The molecule has 1 aliphatic rings. The van der Waals surface area contributed by atoms with Crippen molar-refractivity contribution in [1.82, 2.24) is 10.2 Å². The molecule has 1 atom stereocenters. The highest BCUT2D eigenvalue weighted by Gasteiger charge is 2.34. The lowest BCUT2D eigenvalue weighted by molar-refractivity contribution is -0.384. The first-order chi connectivity index (χ1) is 18.3. The number of carbonyl (C=O) groups is 1. The van der Waals surface area contributed by atoms with Crippen molar-refractivity contribution in [3.63, 3.8) is 0 Å². The first kappa shape index (κ1) is 27.7. The van der Waals surface area contributed by atoms with Gasteiger partial charge in [-0.1, -0.05) is 42.5 Å². The highest BCUT2D eigenvalue weighted by molar-refractivity contribution is 7.94. The van der Waals surface area contributed by atoms with Gasteiger partial charge in [-0.3, -0.25) is 19.8 Å². The van der Waals surface area contributed by atoms with Crippen molar-refractivity contribution in [2.24, 2.45) is 5.92 Å². The molecule has 200 valence electrons. The molecule has 1 fully saturated rings. The molecule has 0 bridgehead atoms. The van der Waals surface area contributed by atoms with E-state index >= 15 is 0 Å². The van der Waals surface area contributed by atoms with E-state index in [-0.39, 0.29) is 22.0 Å². The van der Waals surface area contributed by atoms with E-state index in [1.54, 1.807) is 12.1 Å². The average molecular weight is 554 g/mol. The molecule has 1 N–H and O–H groups in total. The molecule has 8 nitrogen and oxygen atoms in total. The average Bonchev–Trinajstić information content (AvgIpc) is 3.42. The fourth-order valence-electron chi connectivity index (χ4n) is 4.74. The van der Waals surface area contributed by atoms with Crippen LogP contribution in [-0.4, -0.2) is 42.6 Å². The van der Waals surface area contributed by atoms with Gasteiger partial charge in [-0.2, -0.15) is 0 Å². The summed E-state index contributed by atoms with van der Waals surface area (Å²) in [4.78, 5) is 25.5. The van der Waals surface area contributed by atoms with Crippen LogP contribution in [0.15, 0.2) is 83.6 Å². The van der Waals surface area contributed by atoms with E-state index in [2.05, 4.69) is 36.2 Å². The quantitative estimate of drug-likeness (QED) is 0.198. The minimum absolute atomic E-state index is 0.118. The van der Waals surface area contributed by atoms with Gasteiger partial charge in [0.2, 0.25) is 9.84 Å². The maximum atomic E-state index is 13.5. The molecule has 3 aromatic rings. The summed E-state index contributed by atoms with van der Waals surface area (Å²) in [6, 6.07) is 19.1. The topological polar surface area (TPSA) is 110 Å². The molecular formula is C28H31N3O5S2. The number of non-ortho nitro benzene ring substituents is 1.